The monoisotopic (exact) mass is 297 g/mol. The van der Waals surface area contributed by atoms with Crippen LogP contribution in [0.2, 0.25) is 5.15 Å². The first kappa shape index (κ1) is 14.7. The number of nitro groups is 1. The quantitative estimate of drug-likeness (QED) is 0.486. The van der Waals surface area contributed by atoms with Crippen LogP contribution in [0.5, 0.6) is 0 Å². The van der Waals surface area contributed by atoms with Crippen LogP contribution in [0, 0.1) is 16.0 Å². The molecule has 1 aliphatic carbocycles. The van der Waals surface area contributed by atoms with Crippen molar-refractivity contribution in [3.8, 4) is 0 Å². The molecule has 2 rings (SSSR count). The zero-order chi connectivity index (χ0) is 14.7. The Kier molecular flexibility index (Phi) is 4.54. The van der Waals surface area contributed by atoms with Crippen LogP contribution in [0.4, 0.5) is 5.69 Å². The lowest BCUT2D eigenvalue weighted by Crippen LogP contribution is -2.31. The topological polar surface area (TPSA) is 76.3 Å². The van der Waals surface area contributed by atoms with Crippen LogP contribution in [0.15, 0.2) is 12.3 Å². The third-order valence-electron chi connectivity index (χ3n) is 3.62. The van der Waals surface area contributed by atoms with Crippen molar-refractivity contribution >= 4 is 23.2 Å². The maximum atomic E-state index is 12.3. The van der Waals surface area contributed by atoms with Crippen molar-refractivity contribution in [1.29, 1.82) is 0 Å². The zero-order valence-corrected chi connectivity index (χ0v) is 12.0. The highest BCUT2D eigenvalue weighted by Gasteiger charge is 2.23. The molecule has 1 aromatic rings. The number of amides is 1. The van der Waals surface area contributed by atoms with Crippen molar-refractivity contribution in [2.75, 3.05) is 13.6 Å². The molecule has 0 radical (unpaired) electrons. The van der Waals surface area contributed by atoms with Crippen LogP contribution < -0.4 is 0 Å². The van der Waals surface area contributed by atoms with Crippen LogP contribution >= 0.6 is 11.6 Å². The SMILES string of the molecule is CN(CC1CCCC1)C(=O)c1cc([N+](=O)[O-])cnc1Cl. The Morgan fingerprint density at radius 3 is 2.80 bits per heavy atom. The van der Waals surface area contributed by atoms with Gasteiger partial charge in [0.1, 0.15) is 11.3 Å². The number of hydrogen-bond acceptors (Lipinski definition) is 4. The first-order valence-electron chi connectivity index (χ1n) is 6.54. The lowest BCUT2D eigenvalue weighted by atomic mass is 10.1. The van der Waals surface area contributed by atoms with E-state index in [0.29, 0.717) is 12.5 Å². The normalized spacial score (nSPS) is 15.3. The lowest BCUT2D eigenvalue weighted by molar-refractivity contribution is -0.385. The molecule has 7 heteroatoms. The summed E-state index contributed by atoms with van der Waals surface area (Å²) in [6, 6.07) is 1.18. The van der Waals surface area contributed by atoms with E-state index in [1.165, 1.54) is 18.9 Å². The molecule has 0 N–H and O–H groups in total. The minimum absolute atomic E-state index is 0.00104. The van der Waals surface area contributed by atoms with Crippen LogP contribution in [0.25, 0.3) is 0 Å². The summed E-state index contributed by atoms with van der Waals surface area (Å²) in [6.45, 7) is 0.651. The van der Waals surface area contributed by atoms with E-state index in [4.69, 9.17) is 11.6 Å². The fourth-order valence-electron chi connectivity index (χ4n) is 2.56. The number of aromatic nitrogens is 1. The molecular formula is C13H16ClN3O3. The number of pyridine rings is 1. The van der Waals surface area contributed by atoms with Crippen molar-refractivity contribution in [3.63, 3.8) is 0 Å². The van der Waals surface area contributed by atoms with Crippen molar-refractivity contribution < 1.29 is 9.72 Å². The summed E-state index contributed by atoms with van der Waals surface area (Å²) in [6.07, 6.45) is 5.70. The number of nitrogens with zero attached hydrogens (tertiary/aromatic N) is 3. The molecule has 108 valence electrons. The fourth-order valence-corrected chi connectivity index (χ4v) is 2.74. The highest BCUT2D eigenvalue weighted by molar-refractivity contribution is 6.32. The molecule has 1 amide bonds. The number of rotatable bonds is 4. The maximum absolute atomic E-state index is 12.3. The summed E-state index contributed by atoms with van der Waals surface area (Å²) >= 11 is 5.88. The van der Waals surface area contributed by atoms with Crippen LogP contribution in [0.3, 0.4) is 0 Å². The van der Waals surface area contributed by atoms with Gasteiger partial charge in [0.2, 0.25) is 0 Å². The van der Waals surface area contributed by atoms with Gasteiger partial charge in [-0.1, -0.05) is 24.4 Å². The third kappa shape index (κ3) is 3.25. The van der Waals surface area contributed by atoms with E-state index in [0.717, 1.165) is 19.0 Å². The largest absolute Gasteiger partial charge is 0.341 e. The Morgan fingerprint density at radius 1 is 1.55 bits per heavy atom. The Hall–Kier alpha value is -1.69. The minimum Gasteiger partial charge on any atom is -0.341 e. The lowest BCUT2D eigenvalue weighted by Gasteiger charge is -2.21. The molecule has 0 saturated heterocycles. The summed E-state index contributed by atoms with van der Waals surface area (Å²) in [7, 11) is 1.69. The van der Waals surface area contributed by atoms with E-state index in [-0.39, 0.29) is 22.3 Å². The van der Waals surface area contributed by atoms with E-state index >= 15 is 0 Å². The Bertz CT molecular complexity index is 530. The van der Waals surface area contributed by atoms with Crippen LogP contribution in [-0.4, -0.2) is 34.3 Å². The van der Waals surface area contributed by atoms with Gasteiger partial charge in [-0.3, -0.25) is 14.9 Å². The predicted molar refractivity (Wildman–Crippen MR) is 74.8 cm³/mol. The summed E-state index contributed by atoms with van der Waals surface area (Å²) in [5, 5.41) is 10.7. The van der Waals surface area contributed by atoms with Crippen molar-refractivity contribution in [2.24, 2.45) is 5.92 Å². The molecule has 0 atom stereocenters. The molecule has 0 bridgehead atoms. The van der Waals surface area contributed by atoms with Crippen molar-refractivity contribution in [3.05, 3.63) is 33.1 Å². The second-order valence-electron chi connectivity index (χ2n) is 5.13. The van der Waals surface area contributed by atoms with Gasteiger partial charge in [0.15, 0.2) is 0 Å². The standard InChI is InChI=1S/C13H16ClN3O3/c1-16(8-9-4-2-3-5-9)13(18)11-6-10(17(19)20)7-15-12(11)14/h6-7,9H,2-5,8H2,1H3. The number of hydrogen-bond donors (Lipinski definition) is 0. The van der Waals surface area contributed by atoms with Crippen molar-refractivity contribution in [1.82, 2.24) is 9.88 Å². The molecular weight excluding hydrogens is 282 g/mol. The smallest absolute Gasteiger partial charge is 0.288 e. The van der Waals surface area contributed by atoms with E-state index < -0.39 is 4.92 Å². The molecule has 1 aromatic heterocycles. The van der Waals surface area contributed by atoms with Gasteiger partial charge in [-0.15, -0.1) is 0 Å². The summed E-state index contributed by atoms with van der Waals surface area (Å²) in [5.41, 5.74) is -0.145. The molecule has 20 heavy (non-hydrogen) atoms. The molecule has 1 heterocycles. The average Bonchev–Trinajstić information content (AvgIpc) is 2.91. The Morgan fingerprint density at radius 2 is 2.20 bits per heavy atom. The van der Waals surface area contributed by atoms with Crippen LogP contribution in [0.1, 0.15) is 36.0 Å². The minimum atomic E-state index is -0.586. The highest BCUT2D eigenvalue weighted by Crippen LogP contribution is 2.26. The Labute approximate surface area is 121 Å². The first-order valence-corrected chi connectivity index (χ1v) is 6.92. The maximum Gasteiger partial charge on any atom is 0.288 e. The van der Waals surface area contributed by atoms with Gasteiger partial charge in [-0.05, 0) is 18.8 Å². The fraction of sp³-hybridized carbons (Fsp3) is 0.538. The molecule has 1 fully saturated rings. The zero-order valence-electron chi connectivity index (χ0n) is 11.2. The average molecular weight is 298 g/mol. The molecule has 1 saturated carbocycles. The summed E-state index contributed by atoms with van der Waals surface area (Å²) in [5.74, 6) is 0.187. The highest BCUT2D eigenvalue weighted by atomic mass is 35.5. The molecule has 0 aliphatic heterocycles. The van der Waals surface area contributed by atoms with E-state index in [2.05, 4.69) is 4.98 Å². The second kappa shape index (κ2) is 6.17. The molecule has 1 aliphatic rings. The van der Waals surface area contributed by atoms with E-state index in [1.54, 1.807) is 11.9 Å². The summed E-state index contributed by atoms with van der Waals surface area (Å²) in [4.78, 5) is 27.7. The van der Waals surface area contributed by atoms with Gasteiger partial charge in [0.25, 0.3) is 11.6 Å². The summed E-state index contributed by atoms with van der Waals surface area (Å²) < 4.78 is 0. The molecule has 0 aromatic carbocycles. The van der Waals surface area contributed by atoms with E-state index in [9.17, 15) is 14.9 Å². The molecule has 6 nitrogen and oxygen atoms in total. The van der Waals surface area contributed by atoms with Crippen molar-refractivity contribution in [2.45, 2.75) is 25.7 Å². The molecule has 0 spiro atoms. The van der Waals surface area contributed by atoms with Crippen LogP contribution in [-0.2, 0) is 0 Å². The number of carbonyl (C=O) groups is 1. The van der Waals surface area contributed by atoms with Gasteiger partial charge >= 0.3 is 0 Å². The van der Waals surface area contributed by atoms with Gasteiger partial charge in [-0.25, -0.2) is 4.98 Å². The molecule has 0 unspecified atom stereocenters. The van der Waals surface area contributed by atoms with Gasteiger partial charge in [-0.2, -0.15) is 0 Å². The number of carbonyl (C=O) groups excluding carboxylic acids is 1. The van der Waals surface area contributed by atoms with Gasteiger partial charge in [0.05, 0.1) is 10.5 Å². The first-order chi connectivity index (χ1) is 9.49. The van der Waals surface area contributed by atoms with Gasteiger partial charge < -0.3 is 4.90 Å². The number of halogens is 1. The third-order valence-corrected chi connectivity index (χ3v) is 3.92. The predicted octanol–water partition coefficient (Wildman–Crippen LogP) is 2.91. The Balaban J connectivity index is 2.14. The second-order valence-corrected chi connectivity index (χ2v) is 5.48. The van der Waals surface area contributed by atoms with E-state index in [1.807, 2.05) is 0 Å². The van der Waals surface area contributed by atoms with Gasteiger partial charge in [0, 0.05) is 19.7 Å².